The summed E-state index contributed by atoms with van der Waals surface area (Å²) in [6, 6.07) is 0. The van der Waals surface area contributed by atoms with E-state index in [0.717, 1.165) is 12.2 Å². The Morgan fingerprint density at radius 1 is 1.17 bits per heavy atom. The molecule has 0 bridgehead atoms. The van der Waals surface area contributed by atoms with Crippen molar-refractivity contribution in [1.82, 2.24) is 0 Å². The summed E-state index contributed by atoms with van der Waals surface area (Å²) in [5.41, 5.74) is -4.09. The summed E-state index contributed by atoms with van der Waals surface area (Å²) in [6.07, 6.45) is 3.21. The summed E-state index contributed by atoms with van der Waals surface area (Å²) >= 11 is 0. The van der Waals surface area contributed by atoms with Crippen LogP contribution < -0.4 is 0 Å². The van der Waals surface area contributed by atoms with Crippen LogP contribution in [0.1, 0.15) is 67.2 Å². The third-order valence-corrected chi connectivity index (χ3v) is 8.25. The maximum absolute atomic E-state index is 13.7. The zero-order chi connectivity index (χ0) is 27.6. The molecule has 9 heteroatoms. The normalized spacial score (nSPS) is 37.9. The monoisotopic (exact) mass is 508 g/mol. The standard InChI is InChI=1S/C27H40O9/c1-7-17(14-36-21(32)11-15(2)10-20(30)31)23-26(5,19(29)8-9-28)22-16(3)12-25(4,34)13-18(22)24(33)27(23,6)35/h8-10,16-18,22-23,28,34-35H,7,11-14H2,1-6H3,(H,30,31). The molecule has 0 aliphatic heterocycles. The molecule has 2 saturated carbocycles. The van der Waals surface area contributed by atoms with Gasteiger partial charge in [0.05, 0.1) is 24.9 Å². The molecule has 2 rings (SSSR count). The number of ether oxygens (including phenoxy) is 1. The van der Waals surface area contributed by atoms with Crippen LogP contribution in [-0.4, -0.2) is 61.7 Å². The van der Waals surface area contributed by atoms with Crippen LogP contribution in [0.3, 0.4) is 0 Å². The van der Waals surface area contributed by atoms with Crippen molar-refractivity contribution < 1.29 is 44.3 Å². The molecule has 9 nitrogen and oxygen atoms in total. The van der Waals surface area contributed by atoms with Gasteiger partial charge in [-0.2, -0.15) is 0 Å². The van der Waals surface area contributed by atoms with E-state index in [1.54, 1.807) is 13.8 Å². The lowest BCUT2D eigenvalue weighted by atomic mass is 9.42. The Morgan fingerprint density at radius 3 is 2.31 bits per heavy atom. The van der Waals surface area contributed by atoms with E-state index in [0.29, 0.717) is 24.7 Å². The van der Waals surface area contributed by atoms with Crippen LogP contribution in [0.15, 0.2) is 24.0 Å². The quantitative estimate of drug-likeness (QED) is 0.209. The lowest BCUT2D eigenvalue weighted by Crippen LogP contribution is -2.69. The first-order valence-electron chi connectivity index (χ1n) is 12.4. The highest BCUT2D eigenvalue weighted by atomic mass is 16.5. The van der Waals surface area contributed by atoms with Gasteiger partial charge in [-0.1, -0.05) is 26.3 Å². The van der Waals surface area contributed by atoms with Crippen molar-refractivity contribution in [1.29, 1.82) is 0 Å². The molecule has 0 heterocycles. The van der Waals surface area contributed by atoms with Crippen LogP contribution in [0.25, 0.3) is 0 Å². The first kappa shape index (κ1) is 29.7. The average Bonchev–Trinajstić information content (AvgIpc) is 2.72. The maximum Gasteiger partial charge on any atom is 0.328 e. The van der Waals surface area contributed by atoms with E-state index < -0.39 is 63.8 Å². The average molecular weight is 509 g/mol. The number of ketones is 2. The number of hydrogen-bond donors (Lipinski definition) is 4. The van der Waals surface area contributed by atoms with Crippen LogP contribution in [0, 0.1) is 35.0 Å². The highest BCUT2D eigenvalue weighted by Gasteiger charge is 2.68. The summed E-state index contributed by atoms with van der Waals surface area (Å²) < 4.78 is 5.44. The maximum atomic E-state index is 13.7. The van der Waals surface area contributed by atoms with Gasteiger partial charge in [0.2, 0.25) is 0 Å². The van der Waals surface area contributed by atoms with Gasteiger partial charge >= 0.3 is 11.9 Å². The largest absolute Gasteiger partial charge is 0.515 e. The zero-order valence-electron chi connectivity index (χ0n) is 22.0. The molecule has 0 spiro atoms. The fourth-order valence-electron chi connectivity index (χ4n) is 7.19. The number of esters is 1. The number of hydrogen-bond acceptors (Lipinski definition) is 8. The van der Waals surface area contributed by atoms with Crippen LogP contribution in [0.4, 0.5) is 0 Å². The number of rotatable bonds is 9. The van der Waals surface area contributed by atoms with E-state index in [4.69, 9.17) is 9.84 Å². The number of carbonyl (C=O) groups excluding carboxylic acids is 3. The summed E-state index contributed by atoms with van der Waals surface area (Å²) in [4.78, 5) is 50.5. The minimum atomic E-state index is -1.96. The van der Waals surface area contributed by atoms with E-state index in [2.05, 4.69) is 0 Å². The second-order valence-electron chi connectivity index (χ2n) is 11.3. The number of carboxylic acid groups (broad SMARTS) is 1. The highest BCUT2D eigenvalue weighted by molar-refractivity contribution is 6.00. The van der Waals surface area contributed by atoms with Gasteiger partial charge in [-0.15, -0.1) is 0 Å². The van der Waals surface area contributed by atoms with Crippen LogP contribution in [0.2, 0.25) is 0 Å². The third-order valence-electron chi connectivity index (χ3n) is 8.25. The minimum absolute atomic E-state index is 0.108. The van der Waals surface area contributed by atoms with Crippen molar-refractivity contribution in [2.75, 3.05) is 6.61 Å². The Labute approximate surface area is 212 Å². The molecule has 0 saturated heterocycles. The van der Waals surface area contributed by atoms with Crippen molar-refractivity contribution >= 4 is 23.5 Å². The molecule has 2 aliphatic rings. The van der Waals surface area contributed by atoms with E-state index in [9.17, 15) is 34.5 Å². The first-order valence-corrected chi connectivity index (χ1v) is 12.4. The molecule has 8 unspecified atom stereocenters. The minimum Gasteiger partial charge on any atom is -0.515 e. The summed E-state index contributed by atoms with van der Waals surface area (Å²) in [7, 11) is 0. The molecule has 0 radical (unpaired) electrons. The van der Waals surface area contributed by atoms with E-state index in [-0.39, 0.29) is 25.4 Å². The topological polar surface area (TPSA) is 158 Å². The molecule has 0 aromatic heterocycles. The van der Waals surface area contributed by atoms with Crippen molar-refractivity contribution in [2.24, 2.45) is 35.0 Å². The zero-order valence-corrected chi connectivity index (χ0v) is 22.0. The molecule has 202 valence electrons. The number of aliphatic hydroxyl groups is 3. The van der Waals surface area contributed by atoms with Gasteiger partial charge in [0.25, 0.3) is 0 Å². The predicted octanol–water partition coefficient (Wildman–Crippen LogP) is 2.99. The molecular weight excluding hydrogens is 468 g/mol. The molecule has 2 aliphatic carbocycles. The number of carboxylic acids is 1. The molecule has 0 amide bonds. The SMILES string of the molecule is CCC(COC(=O)CC(C)=CC(=O)O)C1C(C)(O)C(=O)C2CC(C)(O)CC(C)C2C1(C)C(=O)C=CO. The van der Waals surface area contributed by atoms with Crippen molar-refractivity contribution in [3.05, 3.63) is 24.0 Å². The molecule has 4 N–H and O–H groups in total. The van der Waals surface area contributed by atoms with Gasteiger partial charge in [-0.3, -0.25) is 14.4 Å². The van der Waals surface area contributed by atoms with E-state index in [1.807, 2.05) is 13.8 Å². The Balaban J connectivity index is 2.51. The predicted molar refractivity (Wildman–Crippen MR) is 131 cm³/mol. The van der Waals surface area contributed by atoms with Gasteiger partial charge in [-0.25, -0.2) is 4.79 Å². The number of fused-ring (bicyclic) bond motifs is 1. The molecular formula is C27H40O9. The van der Waals surface area contributed by atoms with Crippen molar-refractivity contribution in [3.8, 4) is 0 Å². The molecule has 2 fully saturated rings. The van der Waals surface area contributed by atoms with Gasteiger partial charge in [0, 0.05) is 29.4 Å². The smallest absolute Gasteiger partial charge is 0.328 e. The summed E-state index contributed by atoms with van der Waals surface area (Å²) in [6.45, 7) is 9.72. The third kappa shape index (κ3) is 5.72. The fourth-order valence-corrected chi connectivity index (χ4v) is 7.19. The Bertz CT molecular complexity index is 945. The highest BCUT2D eigenvalue weighted by Crippen LogP contribution is 2.61. The lowest BCUT2D eigenvalue weighted by molar-refractivity contribution is -0.206. The van der Waals surface area contributed by atoms with Gasteiger partial charge in [0.1, 0.15) is 5.60 Å². The number of Topliss-reactive ketones (excluding diaryl/α,β-unsaturated/α-hetero) is 1. The van der Waals surface area contributed by atoms with Crippen LogP contribution in [-0.2, 0) is 23.9 Å². The summed E-state index contributed by atoms with van der Waals surface area (Å²) in [5.74, 6) is -5.78. The Kier molecular flexibility index (Phi) is 8.95. The van der Waals surface area contributed by atoms with Gasteiger partial charge < -0.3 is 25.2 Å². The van der Waals surface area contributed by atoms with Crippen LogP contribution in [0.5, 0.6) is 0 Å². The second-order valence-corrected chi connectivity index (χ2v) is 11.3. The fraction of sp³-hybridized carbons (Fsp3) is 0.704. The Morgan fingerprint density at radius 2 is 1.78 bits per heavy atom. The number of aliphatic hydroxyl groups excluding tert-OH is 1. The first-order chi connectivity index (χ1) is 16.5. The van der Waals surface area contributed by atoms with Gasteiger partial charge in [0.15, 0.2) is 11.6 Å². The van der Waals surface area contributed by atoms with E-state index >= 15 is 0 Å². The van der Waals surface area contributed by atoms with Crippen LogP contribution >= 0.6 is 0 Å². The van der Waals surface area contributed by atoms with Crippen molar-refractivity contribution in [2.45, 2.75) is 78.4 Å². The molecule has 36 heavy (non-hydrogen) atoms. The van der Waals surface area contributed by atoms with E-state index in [1.165, 1.54) is 13.8 Å². The number of allylic oxidation sites excluding steroid dienone is 1. The second kappa shape index (κ2) is 10.8. The Hall–Kier alpha value is -2.52. The molecule has 8 atom stereocenters. The molecule has 0 aromatic rings. The number of aliphatic carboxylic acids is 1. The summed E-state index contributed by atoms with van der Waals surface area (Å²) in [5, 5.41) is 40.8. The van der Waals surface area contributed by atoms with Gasteiger partial charge in [-0.05, 0) is 57.8 Å². The molecule has 0 aromatic carbocycles. The number of carbonyl (C=O) groups is 4. The lowest BCUT2D eigenvalue weighted by Gasteiger charge is -2.61. The van der Waals surface area contributed by atoms with Crippen molar-refractivity contribution in [3.63, 3.8) is 0 Å².